The molecule has 0 aliphatic carbocycles. The van der Waals surface area contributed by atoms with Crippen LogP contribution in [0.5, 0.6) is 0 Å². The van der Waals surface area contributed by atoms with Crippen molar-refractivity contribution in [1.82, 2.24) is 19.1 Å². The van der Waals surface area contributed by atoms with Crippen LogP contribution in [0, 0.1) is 5.82 Å². The molecule has 0 amide bonds. The number of thiophene rings is 1. The summed E-state index contributed by atoms with van der Waals surface area (Å²) in [6, 6.07) is 6.03. The van der Waals surface area contributed by atoms with Gasteiger partial charge in [0.25, 0.3) is 5.56 Å². The van der Waals surface area contributed by atoms with Gasteiger partial charge in [0, 0.05) is 22.5 Å². The van der Waals surface area contributed by atoms with E-state index in [9.17, 15) is 9.18 Å². The van der Waals surface area contributed by atoms with Crippen molar-refractivity contribution in [3.63, 3.8) is 0 Å². The first-order chi connectivity index (χ1) is 11.6. The van der Waals surface area contributed by atoms with Gasteiger partial charge in [0.05, 0.1) is 18.3 Å². The molecule has 0 aliphatic rings. The topological polar surface area (TPSA) is 60.7 Å². The molecule has 9 heteroatoms. The Morgan fingerprint density at radius 1 is 1.25 bits per heavy atom. The zero-order chi connectivity index (χ0) is 16.7. The molecule has 0 N–H and O–H groups in total. The van der Waals surface area contributed by atoms with Gasteiger partial charge in [-0.15, -0.1) is 16.4 Å². The molecule has 0 fully saturated rings. The van der Waals surface area contributed by atoms with Crippen molar-refractivity contribution in [1.29, 1.82) is 0 Å². The van der Waals surface area contributed by atoms with Gasteiger partial charge in [-0.25, -0.2) is 9.37 Å². The van der Waals surface area contributed by atoms with Gasteiger partial charge in [0.1, 0.15) is 20.7 Å². The second-order valence-corrected chi connectivity index (χ2v) is 7.22. The minimum Gasteiger partial charge on any atom is -0.292 e. The summed E-state index contributed by atoms with van der Waals surface area (Å²) in [5, 5.41) is 6.28. The molecule has 4 aromatic rings. The molecule has 0 saturated carbocycles. The normalized spacial score (nSPS) is 11.2. The number of fused-ring (bicyclic) bond motifs is 1. The second kappa shape index (κ2) is 6.04. The number of nitrogens with zero attached hydrogens (tertiary/aromatic N) is 4. The van der Waals surface area contributed by atoms with Crippen LogP contribution in [0.4, 0.5) is 4.39 Å². The highest BCUT2D eigenvalue weighted by molar-refractivity contribution is 7.17. The summed E-state index contributed by atoms with van der Waals surface area (Å²) < 4.78 is 18.8. The largest absolute Gasteiger partial charge is 0.292 e. The van der Waals surface area contributed by atoms with Crippen LogP contribution in [0.2, 0.25) is 4.34 Å². The first-order valence-electron chi connectivity index (χ1n) is 6.83. The Bertz CT molecular complexity index is 1090. The highest BCUT2D eigenvalue weighted by Gasteiger charge is 2.15. The average Bonchev–Trinajstić information content (AvgIpc) is 3.18. The predicted octanol–water partition coefficient (Wildman–Crippen LogP) is 3.82. The summed E-state index contributed by atoms with van der Waals surface area (Å²) in [6.45, 7) is 0.204. The molecule has 0 saturated heterocycles. The predicted molar refractivity (Wildman–Crippen MR) is 93.3 cm³/mol. The fraction of sp³-hybridized carbons (Fsp3) is 0.0667. The van der Waals surface area contributed by atoms with Crippen LogP contribution in [0.25, 0.3) is 21.3 Å². The van der Waals surface area contributed by atoms with Crippen LogP contribution in [-0.4, -0.2) is 19.1 Å². The lowest BCUT2D eigenvalue weighted by Gasteiger charge is -2.04. The van der Waals surface area contributed by atoms with E-state index in [1.54, 1.807) is 12.1 Å². The molecule has 3 heterocycles. The first-order valence-corrected chi connectivity index (χ1v) is 8.86. The Balaban J connectivity index is 1.86. The summed E-state index contributed by atoms with van der Waals surface area (Å²) in [5.41, 5.74) is 1.85. The van der Waals surface area contributed by atoms with Crippen molar-refractivity contribution in [2.24, 2.45) is 0 Å². The zero-order valence-electron chi connectivity index (χ0n) is 11.9. The molecule has 5 nitrogen and oxygen atoms in total. The molecule has 0 spiro atoms. The molecule has 3 aromatic heterocycles. The summed E-state index contributed by atoms with van der Waals surface area (Å²) in [4.78, 5) is 17.8. The quantitative estimate of drug-likeness (QED) is 0.543. The number of rotatable bonds is 3. The fourth-order valence-corrected chi connectivity index (χ4v) is 3.89. The Labute approximate surface area is 148 Å². The second-order valence-electron chi connectivity index (χ2n) is 5.01. The molecule has 24 heavy (non-hydrogen) atoms. The van der Waals surface area contributed by atoms with E-state index in [4.69, 9.17) is 11.6 Å². The number of hydrogen-bond donors (Lipinski definition) is 0. The highest BCUT2D eigenvalue weighted by atomic mass is 35.5. The van der Waals surface area contributed by atoms with Gasteiger partial charge in [-0.1, -0.05) is 28.2 Å². The number of benzene rings is 1. The minimum atomic E-state index is -0.320. The summed E-state index contributed by atoms with van der Waals surface area (Å²) in [5.74, 6) is -0.320. The average molecular weight is 379 g/mol. The van der Waals surface area contributed by atoms with E-state index in [0.717, 1.165) is 22.7 Å². The monoisotopic (exact) mass is 378 g/mol. The van der Waals surface area contributed by atoms with Crippen LogP contribution in [0.15, 0.2) is 40.8 Å². The Hall–Kier alpha value is -2.16. The van der Waals surface area contributed by atoms with Gasteiger partial charge < -0.3 is 0 Å². The molecule has 0 atom stereocenters. The maximum atomic E-state index is 13.1. The molecule has 4 rings (SSSR count). The smallest absolute Gasteiger partial charge is 0.263 e. The van der Waals surface area contributed by atoms with Crippen molar-refractivity contribution < 1.29 is 4.39 Å². The van der Waals surface area contributed by atoms with Crippen LogP contribution < -0.4 is 5.56 Å². The lowest BCUT2D eigenvalue weighted by atomic mass is 10.1. The Kier molecular flexibility index (Phi) is 3.87. The lowest BCUT2D eigenvalue weighted by molar-refractivity contribution is 0.628. The van der Waals surface area contributed by atoms with Crippen LogP contribution in [0.1, 0.15) is 5.69 Å². The molecule has 0 radical (unpaired) electrons. The third-order valence-electron chi connectivity index (χ3n) is 3.55. The van der Waals surface area contributed by atoms with Gasteiger partial charge in [0.2, 0.25) is 0 Å². The third kappa shape index (κ3) is 2.62. The Morgan fingerprint density at radius 3 is 2.75 bits per heavy atom. The standard InChI is InChI=1S/C15H8ClFN4OS2/c16-13-11(19-20-24-13)5-21-7-18-14-12(15(21)22)10(6-23-14)8-1-3-9(17)4-2-8/h1-4,6-7H,5H2. The third-order valence-corrected chi connectivity index (χ3v) is 5.42. The summed E-state index contributed by atoms with van der Waals surface area (Å²) in [6.07, 6.45) is 1.48. The molecule has 0 unspecified atom stereocenters. The molecule has 120 valence electrons. The fourth-order valence-electron chi connectivity index (χ4n) is 2.37. The van der Waals surface area contributed by atoms with Crippen molar-refractivity contribution in [3.8, 4) is 11.1 Å². The molecular formula is C15H8ClFN4OS2. The van der Waals surface area contributed by atoms with Gasteiger partial charge in [0.15, 0.2) is 0 Å². The SMILES string of the molecule is O=c1c2c(-c3ccc(F)cc3)csc2ncn1Cc1nnsc1Cl. The summed E-state index contributed by atoms with van der Waals surface area (Å²) in [7, 11) is 0. The van der Waals surface area contributed by atoms with Gasteiger partial charge in [-0.3, -0.25) is 9.36 Å². The van der Waals surface area contributed by atoms with E-state index in [-0.39, 0.29) is 17.9 Å². The molecule has 0 aliphatic heterocycles. The van der Waals surface area contributed by atoms with E-state index >= 15 is 0 Å². The van der Waals surface area contributed by atoms with Crippen molar-refractivity contribution in [2.75, 3.05) is 0 Å². The number of halogens is 2. The number of hydrogen-bond acceptors (Lipinski definition) is 6. The maximum Gasteiger partial charge on any atom is 0.263 e. The van der Waals surface area contributed by atoms with E-state index in [0.29, 0.717) is 20.2 Å². The van der Waals surface area contributed by atoms with Crippen LogP contribution in [-0.2, 0) is 6.54 Å². The van der Waals surface area contributed by atoms with Gasteiger partial charge in [-0.05, 0) is 17.7 Å². The van der Waals surface area contributed by atoms with E-state index in [1.807, 2.05) is 5.38 Å². The lowest BCUT2D eigenvalue weighted by Crippen LogP contribution is -2.21. The van der Waals surface area contributed by atoms with Crippen molar-refractivity contribution in [2.45, 2.75) is 6.54 Å². The van der Waals surface area contributed by atoms with E-state index in [2.05, 4.69) is 14.6 Å². The summed E-state index contributed by atoms with van der Waals surface area (Å²) >= 11 is 8.45. The van der Waals surface area contributed by atoms with Gasteiger partial charge >= 0.3 is 0 Å². The van der Waals surface area contributed by atoms with Gasteiger partial charge in [-0.2, -0.15) is 0 Å². The highest BCUT2D eigenvalue weighted by Crippen LogP contribution is 2.30. The Morgan fingerprint density at radius 2 is 2.04 bits per heavy atom. The molecular weight excluding hydrogens is 371 g/mol. The molecule has 0 bridgehead atoms. The minimum absolute atomic E-state index is 0.190. The van der Waals surface area contributed by atoms with Crippen LogP contribution in [0.3, 0.4) is 0 Å². The van der Waals surface area contributed by atoms with E-state index < -0.39 is 0 Å². The van der Waals surface area contributed by atoms with Crippen molar-refractivity contribution >= 4 is 44.7 Å². The zero-order valence-corrected chi connectivity index (χ0v) is 14.3. The molecule has 1 aromatic carbocycles. The first kappa shape index (κ1) is 15.4. The van der Waals surface area contributed by atoms with Crippen LogP contribution >= 0.6 is 34.5 Å². The van der Waals surface area contributed by atoms with E-state index in [1.165, 1.54) is 34.4 Å². The number of aromatic nitrogens is 4. The van der Waals surface area contributed by atoms with Crippen molar-refractivity contribution in [3.05, 3.63) is 62.2 Å². The maximum absolute atomic E-state index is 13.1.